The van der Waals surface area contributed by atoms with E-state index >= 15 is 0 Å². The number of rotatable bonds is 15. The Morgan fingerprint density at radius 3 is 1.97 bits per heavy atom. The summed E-state index contributed by atoms with van der Waals surface area (Å²) in [6, 6.07) is -4.47. The number of nitrogens with one attached hydrogen (secondary N) is 3. The molecule has 0 saturated heterocycles. The SMILES string of the molecule is CC(NC(=O)C(NC(=O)C(N)CCCN=C(N)N)C(C)C)C(=O)NC(CCC(=O)O)C(=O)O. The lowest BCUT2D eigenvalue weighted by atomic mass is 10.0. The summed E-state index contributed by atoms with van der Waals surface area (Å²) in [4.78, 5) is 63.0. The Morgan fingerprint density at radius 1 is 0.879 bits per heavy atom. The molecular weight excluding hydrogens is 438 g/mol. The molecule has 0 rings (SSSR count). The first kappa shape index (κ1) is 29.6. The molecule has 0 fully saturated rings. The molecule has 0 aliphatic carbocycles. The van der Waals surface area contributed by atoms with Crippen LogP contribution in [0.3, 0.4) is 0 Å². The second kappa shape index (κ2) is 14.6. The van der Waals surface area contributed by atoms with E-state index in [1.807, 2.05) is 0 Å². The Bertz CT molecular complexity index is 738. The van der Waals surface area contributed by atoms with Crippen LogP contribution in [-0.2, 0) is 24.0 Å². The highest BCUT2D eigenvalue weighted by molar-refractivity contribution is 5.94. The number of hydrogen-bond acceptors (Lipinski definition) is 7. The number of amides is 3. The number of hydrogen-bond donors (Lipinski definition) is 8. The van der Waals surface area contributed by atoms with Crippen LogP contribution in [-0.4, -0.2) is 76.5 Å². The molecule has 0 aromatic heterocycles. The minimum absolute atomic E-state index is 0.0701. The van der Waals surface area contributed by atoms with Crippen LogP contribution in [0.5, 0.6) is 0 Å². The van der Waals surface area contributed by atoms with Crippen molar-refractivity contribution in [1.29, 1.82) is 0 Å². The van der Waals surface area contributed by atoms with Gasteiger partial charge in [0.2, 0.25) is 17.7 Å². The van der Waals surface area contributed by atoms with E-state index in [1.165, 1.54) is 6.92 Å². The van der Waals surface area contributed by atoms with Gasteiger partial charge >= 0.3 is 11.9 Å². The summed E-state index contributed by atoms with van der Waals surface area (Å²) in [5.74, 6) is -5.06. The van der Waals surface area contributed by atoms with Gasteiger partial charge in [-0.2, -0.15) is 0 Å². The fourth-order valence-corrected chi connectivity index (χ4v) is 2.64. The minimum Gasteiger partial charge on any atom is -0.481 e. The van der Waals surface area contributed by atoms with Crippen LogP contribution in [0.25, 0.3) is 0 Å². The lowest BCUT2D eigenvalue weighted by Crippen LogP contribution is -2.57. The van der Waals surface area contributed by atoms with Crippen molar-refractivity contribution in [2.24, 2.45) is 28.1 Å². The highest BCUT2D eigenvalue weighted by Crippen LogP contribution is 2.05. The van der Waals surface area contributed by atoms with Crippen molar-refractivity contribution in [2.75, 3.05) is 6.54 Å². The van der Waals surface area contributed by atoms with Crippen LogP contribution >= 0.6 is 0 Å². The molecule has 0 spiro atoms. The Morgan fingerprint density at radius 2 is 1.48 bits per heavy atom. The van der Waals surface area contributed by atoms with Crippen molar-refractivity contribution in [3.63, 3.8) is 0 Å². The summed E-state index contributed by atoms with van der Waals surface area (Å²) in [5, 5.41) is 25.0. The third kappa shape index (κ3) is 12.3. The molecule has 4 atom stereocenters. The van der Waals surface area contributed by atoms with Crippen LogP contribution in [0, 0.1) is 5.92 Å². The summed E-state index contributed by atoms with van der Waals surface area (Å²) >= 11 is 0. The molecule has 3 amide bonds. The molecule has 188 valence electrons. The van der Waals surface area contributed by atoms with Gasteiger partial charge in [0.1, 0.15) is 18.1 Å². The molecule has 4 unspecified atom stereocenters. The van der Waals surface area contributed by atoms with E-state index < -0.39 is 60.2 Å². The van der Waals surface area contributed by atoms with Gasteiger partial charge in [0.05, 0.1) is 6.04 Å². The van der Waals surface area contributed by atoms with Gasteiger partial charge < -0.3 is 43.4 Å². The number of nitrogens with zero attached hydrogens (tertiary/aromatic N) is 1. The number of aliphatic carboxylic acids is 2. The van der Waals surface area contributed by atoms with Crippen molar-refractivity contribution in [3.8, 4) is 0 Å². The lowest BCUT2D eigenvalue weighted by Gasteiger charge is -2.25. The molecule has 0 bridgehead atoms. The van der Waals surface area contributed by atoms with Crippen molar-refractivity contribution in [3.05, 3.63) is 0 Å². The number of guanidine groups is 1. The van der Waals surface area contributed by atoms with Gasteiger partial charge in [-0.3, -0.25) is 24.2 Å². The third-order valence-electron chi connectivity index (χ3n) is 4.56. The van der Waals surface area contributed by atoms with E-state index in [0.29, 0.717) is 13.0 Å². The first-order chi connectivity index (χ1) is 15.3. The smallest absolute Gasteiger partial charge is 0.326 e. The highest BCUT2D eigenvalue weighted by Gasteiger charge is 2.30. The molecule has 0 saturated carbocycles. The monoisotopic (exact) mass is 473 g/mol. The molecule has 0 radical (unpaired) electrons. The maximum Gasteiger partial charge on any atom is 0.326 e. The highest BCUT2D eigenvalue weighted by atomic mass is 16.4. The third-order valence-corrected chi connectivity index (χ3v) is 4.56. The van der Waals surface area contributed by atoms with Gasteiger partial charge in [0.25, 0.3) is 0 Å². The quantitative estimate of drug-likeness (QED) is 0.0701. The molecule has 14 heteroatoms. The normalized spacial score (nSPS) is 14.3. The zero-order chi connectivity index (χ0) is 25.7. The van der Waals surface area contributed by atoms with Crippen molar-refractivity contribution < 1.29 is 34.2 Å². The molecule has 11 N–H and O–H groups in total. The number of carboxylic acid groups (broad SMARTS) is 2. The Labute approximate surface area is 191 Å². The summed E-state index contributed by atoms with van der Waals surface area (Å²) < 4.78 is 0. The van der Waals surface area contributed by atoms with Crippen molar-refractivity contribution in [1.82, 2.24) is 16.0 Å². The summed E-state index contributed by atoms with van der Waals surface area (Å²) in [5.41, 5.74) is 16.3. The predicted molar refractivity (Wildman–Crippen MR) is 119 cm³/mol. The van der Waals surface area contributed by atoms with Crippen LogP contribution in [0.1, 0.15) is 46.5 Å². The van der Waals surface area contributed by atoms with Crippen LogP contribution in [0.4, 0.5) is 0 Å². The average Bonchev–Trinajstić information content (AvgIpc) is 2.70. The summed E-state index contributed by atoms with van der Waals surface area (Å²) in [6.45, 7) is 5.00. The molecular formula is C19H35N7O7. The topological polar surface area (TPSA) is 252 Å². The van der Waals surface area contributed by atoms with Crippen molar-refractivity contribution in [2.45, 2.75) is 70.6 Å². The molecule has 0 aliphatic heterocycles. The number of carboxylic acids is 2. The van der Waals surface area contributed by atoms with E-state index in [-0.39, 0.29) is 24.7 Å². The van der Waals surface area contributed by atoms with Gasteiger partial charge in [-0.25, -0.2) is 4.79 Å². The standard InChI is InChI=1S/C19H35N7O7/c1-9(2)14(26-16(30)11(20)5-4-8-23-19(21)22)17(31)24-10(3)15(29)25-12(18(32)33)6-7-13(27)28/h9-12,14H,4-8,20H2,1-3H3,(H,24,31)(H,25,29)(H,26,30)(H,27,28)(H,32,33)(H4,21,22,23). The van der Waals surface area contributed by atoms with Gasteiger partial charge in [-0.15, -0.1) is 0 Å². The van der Waals surface area contributed by atoms with Crippen LogP contribution in [0.15, 0.2) is 4.99 Å². The molecule has 0 aromatic carbocycles. The number of carbonyl (C=O) groups excluding carboxylic acids is 3. The van der Waals surface area contributed by atoms with Gasteiger partial charge in [0.15, 0.2) is 5.96 Å². The zero-order valence-corrected chi connectivity index (χ0v) is 19.0. The largest absolute Gasteiger partial charge is 0.481 e. The van der Waals surface area contributed by atoms with E-state index in [0.717, 1.165) is 0 Å². The Kier molecular flexibility index (Phi) is 13.1. The first-order valence-electron chi connectivity index (χ1n) is 10.4. The predicted octanol–water partition coefficient (Wildman–Crippen LogP) is -2.55. The lowest BCUT2D eigenvalue weighted by molar-refractivity contribution is -0.143. The number of aliphatic imine (C=N–C) groups is 1. The molecule has 0 heterocycles. The van der Waals surface area contributed by atoms with Gasteiger partial charge in [0, 0.05) is 13.0 Å². The number of nitrogens with two attached hydrogens (primary N) is 3. The molecule has 0 aliphatic rings. The van der Waals surface area contributed by atoms with E-state index in [4.69, 9.17) is 27.4 Å². The van der Waals surface area contributed by atoms with E-state index in [2.05, 4.69) is 20.9 Å². The fourth-order valence-electron chi connectivity index (χ4n) is 2.64. The Balaban J connectivity index is 4.91. The molecule has 33 heavy (non-hydrogen) atoms. The average molecular weight is 474 g/mol. The fraction of sp³-hybridized carbons (Fsp3) is 0.684. The number of carbonyl (C=O) groups is 5. The second-order valence-electron chi connectivity index (χ2n) is 7.85. The Hall–Kier alpha value is -3.42. The maximum atomic E-state index is 12.6. The second-order valence-corrected chi connectivity index (χ2v) is 7.85. The van der Waals surface area contributed by atoms with Crippen LogP contribution in [0.2, 0.25) is 0 Å². The molecule has 0 aromatic rings. The van der Waals surface area contributed by atoms with Gasteiger partial charge in [-0.1, -0.05) is 13.8 Å². The summed E-state index contributed by atoms with van der Waals surface area (Å²) in [6.07, 6.45) is -0.0376. The van der Waals surface area contributed by atoms with E-state index in [1.54, 1.807) is 13.8 Å². The van der Waals surface area contributed by atoms with E-state index in [9.17, 15) is 24.0 Å². The van der Waals surface area contributed by atoms with Gasteiger partial charge in [-0.05, 0) is 32.1 Å². The molecule has 14 nitrogen and oxygen atoms in total. The zero-order valence-electron chi connectivity index (χ0n) is 19.0. The summed E-state index contributed by atoms with van der Waals surface area (Å²) in [7, 11) is 0. The van der Waals surface area contributed by atoms with Crippen molar-refractivity contribution >= 4 is 35.6 Å². The first-order valence-corrected chi connectivity index (χ1v) is 10.4. The maximum absolute atomic E-state index is 12.6. The minimum atomic E-state index is -1.43. The van der Waals surface area contributed by atoms with Crippen LogP contribution < -0.4 is 33.2 Å².